The van der Waals surface area contributed by atoms with Crippen molar-refractivity contribution in [2.75, 3.05) is 4.72 Å². The normalized spacial score (nSPS) is 22.2. The Bertz CT molecular complexity index is 471. The zero-order valence-electron chi connectivity index (χ0n) is 9.14. The molecule has 5 heteroatoms. The Kier molecular flexibility index (Phi) is 3.44. The summed E-state index contributed by atoms with van der Waals surface area (Å²) in [7, 11) is -3.20. The Morgan fingerprint density at radius 3 is 2.88 bits per heavy atom. The van der Waals surface area contributed by atoms with Gasteiger partial charge in [-0.3, -0.25) is 4.72 Å². The zero-order chi connectivity index (χ0) is 11.6. The van der Waals surface area contributed by atoms with Gasteiger partial charge in [-0.1, -0.05) is 31.9 Å². The Hall–Kier alpha value is -0.680. The predicted octanol–water partition coefficient (Wildman–Crippen LogP) is 3.05. The van der Waals surface area contributed by atoms with E-state index in [9.17, 15) is 8.42 Å². The zero-order valence-corrected chi connectivity index (χ0v) is 10.8. The number of hydrogen-bond donors (Lipinski definition) is 1. The number of para-hydroxylation sites is 1. The van der Waals surface area contributed by atoms with E-state index in [4.69, 9.17) is 0 Å². The van der Waals surface area contributed by atoms with Gasteiger partial charge in [0.1, 0.15) is 4.58 Å². The topological polar surface area (TPSA) is 46.2 Å². The van der Waals surface area contributed by atoms with E-state index in [0.29, 0.717) is 12.1 Å². The van der Waals surface area contributed by atoms with Crippen LogP contribution < -0.4 is 4.72 Å². The fourth-order valence-corrected chi connectivity index (χ4v) is 4.75. The molecule has 1 aliphatic heterocycles. The Morgan fingerprint density at radius 1 is 1.38 bits per heavy atom. The van der Waals surface area contributed by atoms with Crippen LogP contribution in [0.2, 0.25) is 0 Å². The Labute approximate surface area is 101 Å². The monoisotopic (exact) mass is 257 g/mol. The highest BCUT2D eigenvalue weighted by Gasteiger charge is 2.31. The molecule has 1 N–H and O–H groups in total. The highest BCUT2D eigenvalue weighted by molar-refractivity contribution is 8.14. The molecule has 88 valence electrons. The molecular weight excluding hydrogens is 242 g/mol. The molecule has 2 rings (SSSR count). The SMILES string of the molecule is CCCCC1Sc2ccccc2NS1(=O)=O. The summed E-state index contributed by atoms with van der Waals surface area (Å²) < 4.78 is 26.1. The smallest absolute Gasteiger partial charge is 0.245 e. The maximum Gasteiger partial charge on any atom is 0.245 e. The van der Waals surface area contributed by atoms with Gasteiger partial charge in [0.05, 0.1) is 5.69 Å². The lowest BCUT2D eigenvalue weighted by atomic mass is 10.3. The number of anilines is 1. The number of nitrogens with one attached hydrogen (secondary N) is 1. The van der Waals surface area contributed by atoms with Crippen molar-refractivity contribution in [3.05, 3.63) is 24.3 Å². The standard InChI is InChI=1S/C11H15NO2S2/c1-2-3-8-11-15-10-7-5-4-6-9(10)12-16(11,13)14/h4-7,11-12H,2-3,8H2,1H3. The highest BCUT2D eigenvalue weighted by atomic mass is 32.3. The molecule has 0 aliphatic carbocycles. The molecule has 1 heterocycles. The van der Waals surface area contributed by atoms with Crippen LogP contribution in [0, 0.1) is 0 Å². The van der Waals surface area contributed by atoms with Crippen molar-refractivity contribution in [1.29, 1.82) is 0 Å². The van der Waals surface area contributed by atoms with Crippen molar-refractivity contribution in [2.45, 2.75) is 35.7 Å². The summed E-state index contributed by atoms with van der Waals surface area (Å²) in [5.41, 5.74) is 0.709. The first-order valence-electron chi connectivity index (χ1n) is 5.41. The molecule has 0 spiro atoms. The first kappa shape index (κ1) is 11.8. The second-order valence-corrected chi connectivity index (χ2v) is 7.24. The third-order valence-corrected chi connectivity index (χ3v) is 6.13. The molecule has 1 unspecified atom stereocenters. The lowest BCUT2D eigenvalue weighted by Crippen LogP contribution is -2.28. The lowest BCUT2D eigenvalue weighted by molar-refractivity contribution is 0.591. The van der Waals surface area contributed by atoms with Gasteiger partial charge in [0, 0.05) is 4.90 Å². The van der Waals surface area contributed by atoms with Crippen LogP contribution in [0.3, 0.4) is 0 Å². The van der Waals surface area contributed by atoms with E-state index in [1.807, 2.05) is 18.2 Å². The molecule has 1 aliphatic rings. The first-order chi connectivity index (χ1) is 7.63. The van der Waals surface area contributed by atoms with E-state index < -0.39 is 10.0 Å². The summed E-state index contributed by atoms with van der Waals surface area (Å²) in [5.74, 6) is 0. The Balaban J connectivity index is 2.25. The summed E-state index contributed by atoms with van der Waals surface area (Å²) in [5, 5.41) is 0. The number of hydrogen-bond acceptors (Lipinski definition) is 3. The van der Waals surface area contributed by atoms with Crippen molar-refractivity contribution < 1.29 is 8.42 Å². The van der Waals surface area contributed by atoms with E-state index in [1.54, 1.807) is 6.07 Å². The second kappa shape index (κ2) is 4.67. The van der Waals surface area contributed by atoms with Crippen molar-refractivity contribution in [1.82, 2.24) is 0 Å². The van der Waals surface area contributed by atoms with Crippen LogP contribution in [0.15, 0.2) is 29.2 Å². The van der Waals surface area contributed by atoms with Crippen molar-refractivity contribution in [2.24, 2.45) is 0 Å². The summed E-state index contributed by atoms with van der Waals surface area (Å²) in [6.45, 7) is 2.07. The van der Waals surface area contributed by atoms with Crippen molar-refractivity contribution in [3.8, 4) is 0 Å². The predicted molar refractivity (Wildman–Crippen MR) is 68.2 cm³/mol. The van der Waals surface area contributed by atoms with Crippen LogP contribution in [-0.4, -0.2) is 13.0 Å². The molecule has 0 aromatic heterocycles. The fraction of sp³-hybridized carbons (Fsp3) is 0.455. The average Bonchev–Trinajstić information content (AvgIpc) is 2.25. The largest absolute Gasteiger partial charge is 0.281 e. The van der Waals surface area contributed by atoms with Crippen molar-refractivity contribution in [3.63, 3.8) is 0 Å². The molecule has 1 atom stereocenters. The minimum absolute atomic E-state index is 0.345. The second-order valence-electron chi connectivity index (χ2n) is 3.83. The van der Waals surface area contributed by atoms with Crippen LogP contribution in [0.25, 0.3) is 0 Å². The maximum atomic E-state index is 11.9. The van der Waals surface area contributed by atoms with Crippen molar-refractivity contribution >= 4 is 27.5 Å². The summed E-state index contributed by atoms with van der Waals surface area (Å²) >= 11 is 1.45. The third kappa shape index (κ3) is 2.35. The van der Waals surface area contributed by atoms with Gasteiger partial charge in [-0.05, 0) is 18.6 Å². The average molecular weight is 257 g/mol. The molecule has 0 bridgehead atoms. The molecule has 16 heavy (non-hydrogen) atoms. The minimum atomic E-state index is -3.20. The number of sulfonamides is 1. The quantitative estimate of drug-likeness (QED) is 0.905. The fourth-order valence-electron chi connectivity index (χ4n) is 1.66. The molecule has 1 aromatic rings. The van der Waals surface area contributed by atoms with Crippen LogP contribution in [0.1, 0.15) is 26.2 Å². The van der Waals surface area contributed by atoms with E-state index in [-0.39, 0.29) is 4.58 Å². The number of unbranched alkanes of at least 4 members (excludes halogenated alkanes) is 1. The summed E-state index contributed by atoms with van der Waals surface area (Å²) in [6, 6.07) is 7.53. The highest BCUT2D eigenvalue weighted by Crippen LogP contribution is 2.40. The third-order valence-electron chi connectivity index (χ3n) is 2.54. The minimum Gasteiger partial charge on any atom is -0.281 e. The van der Waals surface area contributed by atoms with Gasteiger partial charge in [-0.2, -0.15) is 0 Å². The molecule has 0 saturated carbocycles. The number of benzene rings is 1. The van der Waals surface area contributed by atoms with Gasteiger partial charge in [-0.15, -0.1) is 11.8 Å². The molecule has 1 aromatic carbocycles. The molecule has 3 nitrogen and oxygen atoms in total. The molecular formula is C11H15NO2S2. The van der Waals surface area contributed by atoms with Crippen LogP contribution >= 0.6 is 11.8 Å². The first-order valence-corrected chi connectivity index (χ1v) is 7.83. The van der Waals surface area contributed by atoms with Gasteiger partial charge in [0.15, 0.2) is 0 Å². The van der Waals surface area contributed by atoms with E-state index in [0.717, 1.165) is 17.7 Å². The van der Waals surface area contributed by atoms with Crippen LogP contribution in [0.4, 0.5) is 5.69 Å². The maximum absolute atomic E-state index is 11.9. The summed E-state index contributed by atoms with van der Waals surface area (Å²) in [6.07, 6.45) is 2.68. The number of fused-ring (bicyclic) bond motifs is 1. The van der Waals surface area contributed by atoms with Crippen LogP contribution in [0.5, 0.6) is 0 Å². The number of rotatable bonds is 3. The summed E-state index contributed by atoms with van der Waals surface area (Å²) in [4.78, 5) is 1.03. The van der Waals surface area contributed by atoms with Gasteiger partial charge in [0.25, 0.3) is 0 Å². The molecule has 0 amide bonds. The van der Waals surface area contributed by atoms with E-state index in [2.05, 4.69) is 11.6 Å². The van der Waals surface area contributed by atoms with Gasteiger partial charge in [0.2, 0.25) is 10.0 Å². The molecule has 0 fully saturated rings. The van der Waals surface area contributed by atoms with Gasteiger partial charge < -0.3 is 0 Å². The Morgan fingerprint density at radius 2 is 2.12 bits per heavy atom. The number of thioether (sulfide) groups is 1. The van der Waals surface area contributed by atoms with E-state index in [1.165, 1.54) is 11.8 Å². The molecule has 0 radical (unpaired) electrons. The van der Waals surface area contributed by atoms with Crippen LogP contribution in [-0.2, 0) is 10.0 Å². The lowest BCUT2D eigenvalue weighted by Gasteiger charge is -2.25. The van der Waals surface area contributed by atoms with Gasteiger partial charge >= 0.3 is 0 Å². The van der Waals surface area contributed by atoms with Gasteiger partial charge in [-0.25, -0.2) is 8.42 Å². The molecule has 0 saturated heterocycles. The van der Waals surface area contributed by atoms with E-state index >= 15 is 0 Å².